The Morgan fingerprint density at radius 1 is 1.12 bits per heavy atom. The average Bonchev–Trinajstić information content (AvgIpc) is 2.47. The number of azide groups is 1. The van der Waals surface area contributed by atoms with Gasteiger partial charge in [-0.15, -0.1) is 0 Å². The minimum Gasteiger partial charge on any atom is -0.481 e. The lowest BCUT2D eigenvalue weighted by molar-refractivity contribution is -0.140. The van der Waals surface area contributed by atoms with Crippen LogP contribution in [0.25, 0.3) is 10.4 Å². The van der Waals surface area contributed by atoms with Gasteiger partial charge in [-0.05, 0) is 10.9 Å². The highest BCUT2D eigenvalue weighted by molar-refractivity contribution is 5.75. The van der Waals surface area contributed by atoms with Crippen LogP contribution in [0.3, 0.4) is 0 Å². The van der Waals surface area contributed by atoms with Gasteiger partial charge >= 0.3 is 5.97 Å². The van der Waals surface area contributed by atoms with Crippen molar-refractivity contribution in [3.05, 3.63) is 10.4 Å². The Labute approximate surface area is 148 Å². The van der Waals surface area contributed by atoms with E-state index in [9.17, 15) is 9.59 Å². The van der Waals surface area contributed by atoms with Crippen molar-refractivity contribution in [1.29, 1.82) is 0 Å². The monoisotopic (exact) mass is 358 g/mol. The molecule has 0 saturated carbocycles. The standard InChI is InChI=1S/C16H30N4O5/c1-15(2,9-14(22)23)11-25-12-16(3,4)10-18-13(21)5-7-24-8-6-19-20-17/h5-12H2,1-4H3,(H,18,21)(H,22,23). The van der Waals surface area contributed by atoms with Crippen molar-refractivity contribution in [2.75, 3.05) is 39.5 Å². The number of carbonyl (C=O) groups is 2. The Kier molecular flexibility index (Phi) is 10.8. The molecule has 25 heavy (non-hydrogen) atoms. The number of ether oxygens (including phenoxy) is 2. The van der Waals surface area contributed by atoms with E-state index in [0.29, 0.717) is 26.4 Å². The summed E-state index contributed by atoms with van der Waals surface area (Å²) in [5, 5.41) is 15.0. The quantitative estimate of drug-likeness (QED) is 0.213. The number of aliphatic carboxylic acids is 1. The molecule has 1 amide bonds. The maximum absolute atomic E-state index is 11.8. The topological polar surface area (TPSA) is 134 Å². The lowest BCUT2D eigenvalue weighted by Gasteiger charge is -2.28. The molecule has 0 aliphatic heterocycles. The van der Waals surface area contributed by atoms with Gasteiger partial charge in [0.25, 0.3) is 0 Å². The predicted molar refractivity (Wildman–Crippen MR) is 93.1 cm³/mol. The highest BCUT2D eigenvalue weighted by Crippen LogP contribution is 2.22. The van der Waals surface area contributed by atoms with E-state index >= 15 is 0 Å². The molecular formula is C16H30N4O5. The van der Waals surface area contributed by atoms with E-state index in [1.165, 1.54) is 0 Å². The smallest absolute Gasteiger partial charge is 0.303 e. The Morgan fingerprint density at radius 2 is 1.76 bits per heavy atom. The minimum atomic E-state index is -0.846. The van der Waals surface area contributed by atoms with Crippen LogP contribution in [0.5, 0.6) is 0 Å². The minimum absolute atomic E-state index is 0.0455. The zero-order chi connectivity index (χ0) is 19.3. The summed E-state index contributed by atoms with van der Waals surface area (Å²) in [7, 11) is 0. The molecule has 0 unspecified atom stereocenters. The van der Waals surface area contributed by atoms with Gasteiger partial charge in [0, 0.05) is 29.8 Å². The molecule has 144 valence electrons. The Bertz CT molecular complexity index is 473. The fourth-order valence-corrected chi connectivity index (χ4v) is 1.96. The van der Waals surface area contributed by atoms with E-state index in [2.05, 4.69) is 15.3 Å². The molecule has 0 rings (SSSR count). The molecular weight excluding hydrogens is 328 g/mol. The summed E-state index contributed by atoms with van der Waals surface area (Å²) in [6.07, 6.45) is 0.280. The van der Waals surface area contributed by atoms with Crippen LogP contribution in [-0.4, -0.2) is 56.5 Å². The third-order valence-electron chi connectivity index (χ3n) is 3.25. The van der Waals surface area contributed by atoms with Crippen molar-refractivity contribution in [2.45, 2.75) is 40.5 Å². The molecule has 0 saturated heterocycles. The van der Waals surface area contributed by atoms with Gasteiger partial charge in [0.1, 0.15) is 0 Å². The van der Waals surface area contributed by atoms with Gasteiger partial charge in [-0.3, -0.25) is 9.59 Å². The number of carbonyl (C=O) groups excluding carboxylic acids is 1. The van der Waals surface area contributed by atoms with Gasteiger partial charge in [0.15, 0.2) is 0 Å². The van der Waals surface area contributed by atoms with Crippen LogP contribution < -0.4 is 5.32 Å². The van der Waals surface area contributed by atoms with Gasteiger partial charge in [0.05, 0.1) is 32.8 Å². The first-order valence-electron chi connectivity index (χ1n) is 8.23. The van der Waals surface area contributed by atoms with Crippen molar-refractivity contribution in [2.24, 2.45) is 15.9 Å². The van der Waals surface area contributed by atoms with Gasteiger partial charge in [-0.2, -0.15) is 0 Å². The fraction of sp³-hybridized carbons (Fsp3) is 0.875. The zero-order valence-corrected chi connectivity index (χ0v) is 15.6. The molecule has 0 aromatic carbocycles. The summed E-state index contributed by atoms with van der Waals surface area (Å²) in [5.74, 6) is -0.968. The summed E-state index contributed by atoms with van der Waals surface area (Å²) in [4.78, 5) is 25.1. The van der Waals surface area contributed by atoms with Crippen LogP contribution in [-0.2, 0) is 19.1 Å². The molecule has 2 N–H and O–H groups in total. The summed E-state index contributed by atoms with van der Waals surface area (Å²) in [6, 6.07) is 0. The van der Waals surface area contributed by atoms with Crippen molar-refractivity contribution >= 4 is 11.9 Å². The second-order valence-corrected chi connectivity index (χ2v) is 7.49. The molecule has 9 heteroatoms. The summed E-state index contributed by atoms with van der Waals surface area (Å²) < 4.78 is 10.8. The Morgan fingerprint density at radius 3 is 2.36 bits per heavy atom. The van der Waals surface area contributed by atoms with E-state index in [1.807, 2.05) is 27.7 Å². The zero-order valence-electron chi connectivity index (χ0n) is 15.6. The largest absolute Gasteiger partial charge is 0.481 e. The van der Waals surface area contributed by atoms with E-state index < -0.39 is 11.4 Å². The predicted octanol–water partition coefficient (Wildman–Crippen LogP) is 2.36. The van der Waals surface area contributed by atoms with Gasteiger partial charge < -0.3 is 19.9 Å². The first-order chi connectivity index (χ1) is 11.6. The van der Waals surface area contributed by atoms with E-state index in [1.54, 1.807) is 0 Å². The molecule has 0 fully saturated rings. The number of amides is 1. The maximum atomic E-state index is 11.8. The number of carboxylic acids is 1. The SMILES string of the molecule is CC(C)(CNC(=O)CCOCCN=[N+]=[N-])COCC(C)(C)CC(=O)O. The van der Waals surface area contributed by atoms with Crippen molar-refractivity contribution < 1.29 is 24.2 Å². The summed E-state index contributed by atoms with van der Waals surface area (Å²) >= 11 is 0. The molecule has 0 radical (unpaired) electrons. The normalized spacial score (nSPS) is 11.7. The Balaban J connectivity index is 3.93. The molecule has 0 atom stereocenters. The number of hydrogen-bond donors (Lipinski definition) is 2. The molecule has 9 nitrogen and oxygen atoms in total. The van der Waals surface area contributed by atoms with Crippen LogP contribution in [0.2, 0.25) is 0 Å². The van der Waals surface area contributed by atoms with Gasteiger partial charge in [-0.25, -0.2) is 0 Å². The summed E-state index contributed by atoms with van der Waals surface area (Å²) in [6.45, 7) is 9.65. The fourth-order valence-electron chi connectivity index (χ4n) is 1.96. The first-order valence-corrected chi connectivity index (χ1v) is 8.23. The van der Waals surface area contributed by atoms with Gasteiger partial charge in [-0.1, -0.05) is 32.8 Å². The second kappa shape index (κ2) is 11.7. The van der Waals surface area contributed by atoms with E-state index in [4.69, 9.17) is 20.1 Å². The molecule has 0 aliphatic carbocycles. The van der Waals surface area contributed by atoms with Crippen molar-refractivity contribution in [3.63, 3.8) is 0 Å². The summed E-state index contributed by atoms with van der Waals surface area (Å²) in [5.41, 5.74) is 7.40. The van der Waals surface area contributed by atoms with Crippen LogP contribution in [0.1, 0.15) is 40.5 Å². The third kappa shape index (κ3) is 14.2. The molecule has 0 aliphatic rings. The number of nitrogens with one attached hydrogen (secondary N) is 1. The maximum Gasteiger partial charge on any atom is 0.303 e. The highest BCUT2D eigenvalue weighted by atomic mass is 16.5. The molecule has 0 bridgehead atoms. The van der Waals surface area contributed by atoms with Crippen LogP contribution in [0.15, 0.2) is 5.11 Å². The van der Waals surface area contributed by atoms with Crippen molar-refractivity contribution in [3.8, 4) is 0 Å². The van der Waals surface area contributed by atoms with E-state index in [-0.39, 0.29) is 37.3 Å². The molecule has 0 aromatic heterocycles. The Hall–Kier alpha value is -1.83. The average molecular weight is 358 g/mol. The van der Waals surface area contributed by atoms with Crippen molar-refractivity contribution in [1.82, 2.24) is 5.32 Å². The van der Waals surface area contributed by atoms with Gasteiger partial charge in [0.2, 0.25) is 5.91 Å². The highest BCUT2D eigenvalue weighted by Gasteiger charge is 2.25. The third-order valence-corrected chi connectivity index (χ3v) is 3.25. The number of carboxylic acid groups (broad SMARTS) is 1. The second-order valence-electron chi connectivity index (χ2n) is 7.49. The van der Waals surface area contributed by atoms with Crippen LogP contribution in [0, 0.1) is 10.8 Å². The van der Waals surface area contributed by atoms with E-state index in [0.717, 1.165) is 0 Å². The van der Waals surface area contributed by atoms with Crippen LogP contribution >= 0.6 is 0 Å². The lowest BCUT2D eigenvalue weighted by Crippen LogP contribution is -2.38. The lowest BCUT2D eigenvalue weighted by atomic mass is 9.90. The first kappa shape index (κ1) is 23.2. The number of hydrogen-bond acceptors (Lipinski definition) is 5. The number of nitrogens with zero attached hydrogens (tertiary/aromatic N) is 3. The molecule has 0 heterocycles. The molecule has 0 spiro atoms. The number of rotatable bonds is 14. The molecule has 0 aromatic rings. The van der Waals surface area contributed by atoms with Crippen LogP contribution in [0.4, 0.5) is 0 Å².